The molecule has 0 bridgehead atoms. The second-order valence-electron chi connectivity index (χ2n) is 7.00. The molecule has 0 atom stereocenters. The first-order valence-electron chi connectivity index (χ1n) is 9.42. The van der Waals surface area contributed by atoms with Crippen molar-refractivity contribution in [2.24, 2.45) is 0 Å². The van der Waals surface area contributed by atoms with Crippen LogP contribution in [0.5, 0.6) is 0 Å². The zero-order valence-electron chi connectivity index (χ0n) is 16.4. The van der Waals surface area contributed by atoms with Crippen molar-refractivity contribution in [3.63, 3.8) is 0 Å². The van der Waals surface area contributed by atoms with Gasteiger partial charge < -0.3 is 15.0 Å². The lowest BCUT2D eigenvalue weighted by Gasteiger charge is -2.15. The van der Waals surface area contributed by atoms with Crippen LogP contribution in [-0.2, 0) is 20.9 Å². The highest BCUT2D eigenvalue weighted by atomic mass is 16.6. The number of hydrogen-bond donors (Lipinski definition) is 1. The summed E-state index contributed by atoms with van der Waals surface area (Å²) in [5.74, 6) is -1.13. The highest BCUT2D eigenvalue weighted by Gasteiger charge is 2.20. The smallest absolute Gasteiger partial charge is 0.338 e. The molecule has 9 nitrogen and oxygen atoms in total. The molecule has 1 fully saturated rings. The number of nitro groups is 1. The predicted octanol–water partition coefficient (Wildman–Crippen LogP) is 2.82. The van der Waals surface area contributed by atoms with Crippen LogP contribution in [0.1, 0.15) is 34.3 Å². The molecule has 1 N–H and O–H groups in total. The van der Waals surface area contributed by atoms with Gasteiger partial charge in [0.25, 0.3) is 11.6 Å². The van der Waals surface area contributed by atoms with Crippen molar-refractivity contribution in [1.29, 1.82) is 0 Å². The van der Waals surface area contributed by atoms with Gasteiger partial charge >= 0.3 is 5.97 Å². The number of amides is 2. The molecular weight excluding hydrogens is 390 g/mol. The first-order chi connectivity index (χ1) is 14.3. The van der Waals surface area contributed by atoms with Gasteiger partial charge in [0, 0.05) is 31.6 Å². The minimum atomic E-state index is -0.662. The van der Waals surface area contributed by atoms with Crippen LogP contribution in [0, 0.1) is 17.0 Å². The SMILES string of the molecule is Cc1ccc([N+](=O)[O-])cc1NC(=O)COC(=O)c1ccc(CN2CCCC2=O)cc1. The number of likely N-dealkylation sites (tertiary alicyclic amines) is 1. The number of nitrogens with zero attached hydrogens (tertiary/aromatic N) is 2. The molecule has 0 radical (unpaired) electrons. The van der Waals surface area contributed by atoms with E-state index in [0.717, 1.165) is 18.5 Å². The zero-order chi connectivity index (χ0) is 21.7. The van der Waals surface area contributed by atoms with Crippen molar-refractivity contribution in [2.45, 2.75) is 26.3 Å². The van der Waals surface area contributed by atoms with E-state index in [9.17, 15) is 24.5 Å². The van der Waals surface area contributed by atoms with Crippen LogP contribution in [0.2, 0.25) is 0 Å². The maximum absolute atomic E-state index is 12.2. The minimum absolute atomic E-state index is 0.128. The third kappa shape index (κ3) is 5.19. The maximum Gasteiger partial charge on any atom is 0.338 e. The van der Waals surface area contributed by atoms with Crippen LogP contribution in [0.3, 0.4) is 0 Å². The van der Waals surface area contributed by atoms with E-state index in [2.05, 4.69) is 5.32 Å². The Morgan fingerprint density at radius 1 is 1.20 bits per heavy atom. The van der Waals surface area contributed by atoms with E-state index in [1.54, 1.807) is 36.1 Å². The van der Waals surface area contributed by atoms with Crippen molar-refractivity contribution in [1.82, 2.24) is 4.90 Å². The fourth-order valence-corrected chi connectivity index (χ4v) is 3.10. The van der Waals surface area contributed by atoms with Gasteiger partial charge in [-0.15, -0.1) is 0 Å². The number of non-ortho nitro benzene ring substituents is 1. The topological polar surface area (TPSA) is 119 Å². The first kappa shape index (κ1) is 21.0. The van der Waals surface area contributed by atoms with Crippen molar-refractivity contribution in [3.8, 4) is 0 Å². The number of benzene rings is 2. The van der Waals surface area contributed by atoms with Crippen LogP contribution in [-0.4, -0.2) is 40.8 Å². The third-order valence-electron chi connectivity index (χ3n) is 4.77. The Morgan fingerprint density at radius 3 is 2.57 bits per heavy atom. The highest BCUT2D eigenvalue weighted by molar-refractivity contribution is 5.96. The predicted molar refractivity (Wildman–Crippen MR) is 108 cm³/mol. The van der Waals surface area contributed by atoms with E-state index in [0.29, 0.717) is 18.5 Å². The average molecular weight is 411 g/mol. The summed E-state index contributed by atoms with van der Waals surface area (Å²) in [6.07, 6.45) is 1.43. The lowest BCUT2D eigenvalue weighted by molar-refractivity contribution is -0.384. The minimum Gasteiger partial charge on any atom is -0.452 e. The number of nitrogens with one attached hydrogen (secondary N) is 1. The molecule has 1 aliphatic rings. The molecule has 0 spiro atoms. The summed E-state index contributed by atoms with van der Waals surface area (Å²) in [7, 11) is 0. The molecule has 9 heteroatoms. The Kier molecular flexibility index (Phi) is 6.41. The molecule has 0 saturated carbocycles. The van der Waals surface area contributed by atoms with Gasteiger partial charge in [-0.2, -0.15) is 0 Å². The van der Waals surface area contributed by atoms with Gasteiger partial charge in [0.2, 0.25) is 5.91 Å². The van der Waals surface area contributed by atoms with E-state index in [4.69, 9.17) is 4.74 Å². The summed E-state index contributed by atoms with van der Waals surface area (Å²) in [5.41, 5.74) is 1.97. The van der Waals surface area contributed by atoms with Gasteiger partial charge in [0.05, 0.1) is 16.2 Å². The van der Waals surface area contributed by atoms with Gasteiger partial charge in [0.1, 0.15) is 0 Å². The van der Waals surface area contributed by atoms with E-state index < -0.39 is 23.4 Å². The van der Waals surface area contributed by atoms with Gasteiger partial charge in [-0.25, -0.2) is 4.79 Å². The Bertz CT molecular complexity index is 987. The molecule has 156 valence electrons. The normalized spacial score (nSPS) is 13.2. The molecule has 2 aromatic carbocycles. The van der Waals surface area contributed by atoms with E-state index in [1.807, 2.05) is 0 Å². The van der Waals surface area contributed by atoms with Crippen molar-refractivity contribution < 1.29 is 24.0 Å². The quantitative estimate of drug-likeness (QED) is 0.425. The van der Waals surface area contributed by atoms with Crippen molar-refractivity contribution in [3.05, 3.63) is 69.3 Å². The van der Waals surface area contributed by atoms with Crippen molar-refractivity contribution >= 4 is 29.2 Å². The monoisotopic (exact) mass is 411 g/mol. The van der Waals surface area contributed by atoms with Crippen LogP contribution in [0.15, 0.2) is 42.5 Å². The second-order valence-corrected chi connectivity index (χ2v) is 7.00. The molecule has 2 amide bonds. The molecule has 2 aromatic rings. The molecule has 30 heavy (non-hydrogen) atoms. The summed E-state index contributed by atoms with van der Waals surface area (Å²) in [6.45, 7) is 2.41. The van der Waals surface area contributed by atoms with E-state index in [-0.39, 0.29) is 22.8 Å². The lowest BCUT2D eigenvalue weighted by atomic mass is 10.1. The Labute approximate surface area is 172 Å². The summed E-state index contributed by atoms with van der Waals surface area (Å²) in [5, 5.41) is 13.4. The third-order valence-corrected chi connectivity index (χ3v) is 4.77. The Morgan fingerprint density at radius 2 is 1.93 bits per heavy atom. The number of carbonyl (C=O) groups excluding carboxylic acids is 3. The van der Waals surface area contributed by atoms with E-state index >= 15 is 0 Å². The maximum atomic E-state index is 12.2. The van der Waals surface area contributed by atoms with Gasteiger partial charge in [-0.05, 0) is 36.6 Å². The number of hydrogen-bond acceptors (Lipinski definition) is 6. The van der Waals surface area contributed by atoms with Crippen molar-refractivity contribution in [2.75, 3.05) is 18.5 Å². The zero-order valence-corrected chi connectivity index (χ0v) is 16.4. The molecule has 1 heterocycles. The Hall–Kier alpha value is -3.75. The molecular formula is C21H21N3O6. The molecule has 0 unspecified atom stereocenters. The molecule has 1 aliphatic heterocycles. The van der Waals surface area contributed by atoms with Gasteiger partial charge in [-0.3, -0.25) is 19.7 Å². The number of ether oxygens (including phenoxy) is 1. The summed E-state index contributed by atoms with van der Waals surface area (Å²) in [4.78, 5) is 48.0. The summed E-state index contributed by atoms with van der Waals surface area (Å²) in [6, 6.07) is 10.8. The molecule has 0 aliphatic carbocycles. The van der Waals surface area contributed by atoms with Crippen LogP contribution in [0.25, 0.3) is 0 Å². The fraction of sp³-hybridized carbons (Fsp3) is 0.286. The highest BCUT2D eigenvalue weighted by Crippen LogP contribution is 2.21. The summed E-state index contributed by atoms with van der Waals surface area (Å²) < 4.78 is 5.02. The van der Waals surface area contributed by atoms with Gasteiger partial charge in [-0.1, -0.05) is 18.2 Å². The second kappa shape index (κ2) is 9.17. The van der Waals surface area contributed by atoms with Gasteiger partial charge in [0.15, 0.2) is 6.61 Å². The van der Waals surface area contributed by atoms with Crippen LogP contribution < -0.4 is 5.32 Å². The van der Waals surface area contributed by atoms with Crippen LogP contribution >= 0.6 is 0 Å². The Balaban J connectivity index is 1.52. The number of anilines is 1. The molecule has 0 aromatic heterocycles. The number of nitro benzene ring substituents is 1. The average Bonchev–Trinajstić information content (AvgIpc) is 3.12. The van der Waals surface area contributed by atoms with E-state index in [1.165, 1.54) is 18.2 Å². The summed E-state index contributed by atoms with van der Waals surface area (Å²) >= 11 is 0. The van der Waals surface area contributed by atoms with Crippen LogP contribution in [0.4, 0.5) is 11.4 Å². The molecule has 3 rings (SSSR count). The standard InChI is InChI=1S/C21H21N3O6/c1-14-4-9-17(24(28)29)11-18(14)22-19(25)13-30-21(27)16-7-5-15(6-8-16)12-23-10-2-3-20(23)26/h4-9,11H,2-3,10,12-13H2,1H3,(H,22,25). The largest absolute Gasteiger partial charge is 0.452 e. The lowest BCUT2D eigenvalue weighted by Crippen LogP contribution is -2.24. The number of aryl methyl sites for hydroxylation is 1. The number of esters is 1. The number of carbonyl (C=O) groups is 3. The molecule has 1 saturated heterocycles. The number of rotatable bonds is 7. The fourth-order valence-electron chi connectivity index (χ4n) is 3.10. The first-order valence-corrected chi connectivity index (χ1v) is 9.42.